The molecule has 3 nitrogen and oxygen atoms in total. The number of hydrogen-bond donors (Lipinski definition) is 1. The standard InChI is InChI=1S/C13H22O3/c1-8(2)7-10-5-4-6-11(14)12(10)9(3)13(15)16/h8-10,12H,4-7H2,1-3H3,(H,15,16). The van der Waals surface area contributed by atoms with Crippen LogP contribution in [0.1, 0.15) is 46.5 Å². The van der Waals surface area contributed by atoms with E-state index >= 15 is 0 Å². The summed E-state index contributed by atoms with van der Waals surface area (Å²) in [6.45, 7) is 5.92. The lowest BCUT2D eigenvalue weighted by molar-refractivity contribution is -0.148. The summed E-state index contributed by atoms with van der Waals surface area (Å²) in [6, 6.07) is 0. The second-order valence-corrected chi connectivity index (χ2v) is 5.40. The van der Waals surface area contributed by atoms with E-state index in [1.165, 1.54) is 0 Å². The number of carbonyl (C=O) groups is 2. The molecule has 0 aromatic rings. The van der Waals surface area contributed by atoms with Crippen LogP contribution in [0.2, 0.25) is 0 Å². The lowest BCUT2D eigenvalue weighted by atomic mass is 9.69. The third kappa shape index (κ3) is 3.06. The van der Waals surface area contributed by atoms with Gasteiger partial charge in [-0.15, -0.1) is 0 Å². The highest BCUT2D eigenvalue weighted by Crippen LogP contribution is 2.36. The minimum atomic E-state index is -0.839. The summed E-state index contributed by atoms with van der Waals surface area (Å²) >= 11 is 0. The molecule has 1 aliphatic rings. The summed E-state index contributed by atoms with van der Waals surface area (Å²) < 4.78 is 0. The first-order chi connectivity index (χ1) is 7.43. The van der Waals surface area contributed by atoms with Gasteiger partial charge in [-0.2, -0.15) is 0 Å². The van der Waals surface area contributed by atoms with Crippen LogP contribution in [0.5, 0.6) is 0 Å². The Balaban J connectivity index is 2.78. The van der Waals surface area contributed by atoms with Gasteiger partial charge in [-0.25, -0.2) is 0 Å². The second kappa shape index (κ2) is 5.46. The Morgan fingerprint density at radius 3 is 2.56 bits per heavy atom. The van der Waals surface area contributed by atoms with Gasteiger partial charge in [0.25, 0.3) is 0 Å². The quantitative estimate of drug-likeness (QED) is 0.802. The lowest BCUT2D eigenvalue weighted by Gasteiger charge is -2.33. The number of hydrogen-bond acceptors (Lipinski definition) is 2. The van der Waals surface area contributed by atoms with Gasteiger partial charge in [-0.1, -0.05) is 20.8 Å². The monoisotopic (exact) mass is 226 g/mol. The zero-order valence-corrected chi connectivity index (χ0v) is 10.4. The van der Waals surface area contributed by atoms with Crippen LogP contribution in [0, 0.1) is 23.7 Å². The molecule has 3 unspecified atom stereocenters. The molecule has 1 aliphatic carbocycles. The second-order valence-electron chi connectivity index (χ2n) is 5.40. The highest BCUT2D eigenvalue weighted by atomic mass is 16.4. The molecule has 0 aromatic heterocycles. The molecule has 0 amide bonds. The van der Waals surface area contributed by atoms with Gasteiger partial charge in [0.2, 0.25) is 0 Å². The maximum Gasteiger partial charge on any atom is 0.306 e. The van der Waals surface area contributed by atoms with Crippen LogP contribution in [0.3, 0.4) is 0 Å². The number of aliphatic carboxylic acids is 1. The van der Waals surface area contributed by atoms with Crippen LogP contribution < -0.4 is 0 Å². The van der Waals surface area contributed by atoms with Crippen LogP contribution in [0.15, 0.2) is 0 Å². The van der Waals surface area contributed by atoms with Crippen LogP contribution in [-0.4, -0.2) is 16.9 Å². The molecule has 0 aromatic carbocycles. The van der Waals surface area contributed by atoms with E-state index in [0.717, 1.165) is 19.3 Å². The van der Waals surface area contributed by atoms with E-state index in [1.54, 1.807) is 6.92 Å². The van der Waals surface area contributed by atoms with E-state index in [4.69, 9.17) is 5.11 Å². The Morgan fingerprint density at radius 2 is 2.06 bits per heavy atom. The topological polar surface area (TPSA) is 54.4 Å². The van der Waals surface area contributed by atoms with Crippen molar-refractivity contribution in [1.29, 1.82) is 0 Å². The molecule has 0 aliphatic heterocycles. The van der Waals surface area contributed by atoms with Gasteiger partial charge in [-0.05, 0) is 31.1 Å². The molecule has 1 rings (SSSR count). The first-order valence-electron chi connectivity index (χ1n) is 6.19. The minimum Gasteiger partial charge on any atom is -0.481 e. The Hall–Kier alpha value is -0.860. The average Bonchev–Trinajstić information content (AvgIpc) is 2.16. The number of ketones is 1. The molecule has 1 fully saturated rings. The van der Waals surface area contributed by atoms with E-state index in [-0.39, 0.29) is 17.6 Å². The molecule has 3 atom stereocenters. The first-order valence-corrected chi connectivity index (χ1v) is 6.19. The van der Waals surface area contributed by atoms with Crippen molar-refractivity contribution < 1.29 is 14.7 Å². The zero-order valence-electron chi connectivity index (χ0n) is 10.4. The van der Waals surface area contributed by atoms with Crippen molar-refractivity contribution in [3.8, 4) is 0 Å². The van der Waals surface area contributed by atoms with Crippen LogP contribution in [0.4, 0.5) is 0 Å². The summed E-state index contributed by atoms with van der Waals surface area (Å²) in [7, 11) is 0. The SMILES string of the molecule is CC(C)CC1CCCC(=O)C1C(C)C(=O)O. The summed E-state index contributed by atoms with van der Waals surface area (Å²) in [4.78, 5) is 22.9. The third-order valence-corrected chi connectivity index (χ3v) is 3.58. The molecule has 0 saturated heterocycles. The van der Waals surface area contributed by atoms with E-state index in [0.29, 0.717) is 12.3 Å². The van der Waals surface area contributed by atoms with Gasteiger partial charge >= 0.3 is 5.97 Å². The molecule has 1 saturated carbocycles. The van der Waals surface area contributed by atoms with E-state index in [2.05, 4.69) is 13.8 Å². The lowest BCUT2D eigenvalue weighted by Crippen LogP contribution is -2.37. The van der Waals surface area contributed by atoms with Gasteiger partial charge in [0.1, 0.15) is 5.78 Å². The molecule has 0 heterocycles. The Kier molecular flexibility index (Phi) is 4.51. The van der Waals surface area contributed by atoms with Gasteiger partial charge in [0.05, 0.1) is 5.92 Å². The number of carboxylic acids is 1. The maximum absolute atomic E-state index is 11.9. The Bertz CT molecular complexity index is 270. The minimum absolute atomic E-state index is 0.159. The molecule has 92 valence electrons. The number of rotatable bonds is 4. The summed E-state index contributed by atoms with van der Waals surface area (Å²) in [5, 5.41) is 9.05. The van der Waals surface area contributed by atoms with Gasteiger partial charge < -0.3 is 5.11 Å². The van der Waals surface area contributed by atoms with Crippen LogP contribution >= 0.6 is 0 Å². The normalized spacial score (nSPS) is 28.1. The highest BCUT2D eigenvalue weighted by Gasteiger charge is 2.38. The number of Topliss-reactive ketones (excluding diaryl/α,β-unsaturated/α-hetero) is 1. The number of carboxylic acid groups (broad SMARTS) is 1. The van der Waals surface area contributed by atoms with Gasteiger partial charge in [0.15, 0.2) is 0 Å². The number of carbonyl (C=O) groups excluding carboxylic acids is 1. The molecule has 3 heteroatoms. The van der Waals surface area contributed by atoms with E-state index in [1.807, 2.05) is 0 Å². The van der Waals surface area contributed by atoms with E-state index < -0.39 is 11.9 Å². The smallest absolute Gasteiger partial charge is 0.306 e. The van der Waals surface area contributed by atoms with Gasteiger partial charge in [0, 0.05) is 12.3 Å². The average molecular weight is 226 g/mol. The van der Waals surface area contributed by atoms with Crippen molar-refractivity contribution in [1.82, 2.24) is 0 Å². The fourth-order valence-corrected chi connectivity index (χ4v) is 2.86. The Labute approximate surface area is 97.2 Å². The van der Waals surface area contributed by atoms with Crippen molar-refractivity contribution in [2.24, 2.45) is 23.7 Å². The maximum atomic E-state index is 11.9. The molecule has 0 radical (unpaired) electrons. The predicted molar refractivity (Wildman–Crippen MR) is 62.1 cm³/mol. The van der Waals surface area contributed by atoms with Crippen molar-refractivity contribution >= 4 is 11.8 Å². The van der Waals surface area contributed by atoms with Gasteiger partial charge in [-0.3, -0.25) is 9.59 Å². The summed E-state index contributed by atoms with van der Waals surface area (Å²) in [6.07, 6.45) is 3.47. The summed E-state index contributed by atoms with van der Waals surface area (Å²) in [5.41, 5.74) is 0. The predicted octanol–water partition coefficient (Wildman–Crippen LogP) is 2.74. The van der Waals surface area contributed by atoms with Crippen molar-refractivity contribution in [2.75, 3.05) is 0 Å². The summed E-state index contributed by atoms with van der Waals surface area (Å²) in [5.74, 6) is -0.669. The molecule has 0 bridgehead atoms. The van der Waals surface area contributed by atoms with Crippen LogP contribution in [-0.2, 0) is 9.59 Å². The molecule has 16 heavy (non-hydrogen) atoms. The molecular weight excluding hydrogens is 204 g/mol. The Morgan fingerprint density at radius 1 is 1.44 bits per heavy atom. The van der Waals surface area contributed by atoms with Crippen molar-refractivity contribution in [3.05, 3.63) is 0 Å². The zero-order chi connectivity index (χ0) is 12.3. The van der Waals surface area contributed by atoms with E-state index in [9.17, 15) is 9.59 Å². The van der Waals surface area contributed by atoms with Crippen LogP contribution in [0.25, 0.3) is 0 Å². The highest BCUT2D eigenvalue weighted by molar-refractivity contribution is 5.86. The molecule has 1 N–H and O–H groups in total. The molecular formula is C13H22O3. The van der Waals surface area contributed by atoms with Crippen molar-refractivity contribution in [2.45, 2.75) is 46.5 Å². The largest absolute Gasteiger partial charge is 0.481 e. The fraction of sp³-hybridized carbons (Fsp3) is 0.846. The third-order valence-electron chi connectivity index (χ3n) is 3.58. The fourth-order valence-electron chi connectivity index (χ4n) is 2.86. The molecule has 0 spiro atoms. The first kappa shape index (κ1) is 13.2. The van der Waals surface area contributed by atoms with Crippen molar-refractivity contribution in [3.63, 3.8) is 0 Å².